The van der Waals surface area contributed by atoms with Crippen molar-refractivity contribution >= 4 is 10.0 Å². The van der Waals surface area contributed by atoms with Gasteiger partial charge in [0.1, 0.15) is 5.82 Å². The Morgan fingerprint density at radius 2 is 1.74 bits per heavy atom. The van der Waals surface area contributed by atoms with E-state index in [0.29, 0.717) is 12.1 Å². The Labute approximate surface area is 159 Å². The zero-order valence-electron chi connectivity index (χ0n) is 15.4. The lowest BCUT2D eigenvalue weighted by Crippen LogP contribution is -2.18. The van der Waals surface area contributed by atoms with Crippen molar-refractivity contribution in [2.75, 3.05) is 0 Å². The van der Waals surface area contributed by atoms with Crippen LogP contribution in [-0.2, 0) is 16.6 Å². The second-order valence-corrected chi connectivity index (χ2v) is 7.98. The first-order valence-electron chi connectivity index (χ1n) is 8.43. The predicted octanol–water partition coefficient (Wildman–Crippen LogP) is 3.28. The molecular weight excluding hydrogens is 360 g/mol. The third kappa shape index (κ3) is 3.71. The standard InChI is InChI=1S/C20H20N4O2S/c1-14-15(2)24(16(3)23-14)12-17-8-10-18(11-9-17)19-6-4-5-7-20(19)27(25,26)22-13-21/h4-11,22H,12H2,1-3H3. The lowest BCUT2D eigenvalue weighted by molar-refractivity contribution is 0.591. The lowest BCUT2D eigenvalue weighted by atomic mass is 10.0. The first kappa shape index (κ1) is 18.7. The number of benzene rings is 2. The van der Waals surface area contributed by atoms with Crippen molar-refractivity contribution in [2.24, 2.45) is 0 Å². The highest BCUT2D eigenvalue weighted by atomic mass is 32.2. The molecule has 0 aliphatic rings. The predicted molar refractivity (Wildman–Crippen MR) is 103 cm³/mol. The fourth-order valence-electron chi connectivity index (χ4n) is 3.08. The van der Waals surface area contributed by atoms with Gasteiger partial charge in [0.25, 0.3) is 10.0 Å². The molecule has 0 fully saturated rings. The lowest BCUT2D eigenvalue weighted by Gasteiger charge is -2.11. The number of hydrogen-bond donors (Lipinski definition) is 1. The van der Waals surface area contributed by atoms with Gasteiger partial charge in [0.05, 0.1) is 10.6 Å². The monoisotopic (exact) mass is 380 g/mol. The van der Waals surface area contributed by atoms with Crippen LogP contribution in [0.25, 0.3) is 11.1 Å². The third-order valence-corrected chi connectivity index (χ3v) is 5.91. The molecule has 6 nitrogen and oxygen atoms in total. The summed E-state index contributed by atoms with van der Waals surface area (Å²) in [7, 11) is -3.88. The van der Waals surface area contributed by atoms with E-state index in [1.165, 1.54) is 12.3 Å². The summed E-state index contributed by atoms with van der Waals surface area (Å²) in [4.78, 5) is 4.57. The first-order chi connectivity index (χ1) is 12.8. The summed E-state index contributed by atoms with van der Waals surface area (Å²) in [6.07, 6.45) is 1.49. The van der Waals surface area contributed by atoms with E-state index in [1.54, 1.807) is 18.2 Å². The topological polar surface area (TPSA) is 87.8 Å². The second kappa shape index (κ2) is 7.25. The van der Waals surface area contributed by atoms with Gasteiger partial charge in [-0.25, -0.2) is 18.1 Å². The van der Waals surface area contributed by atoms with Gasteiger partial charge in [-0.2, -0.15) is 5.26 Å². The Morgan fingerprint density at radius 1 is 1.07 bits per heavy atom. The molecular formula is C20H20N4O2S. The zero-order chi connectivity index (χ0) is 19.6. The van der Waals surface area contributed by atoms with Crippen LogP contribution in [0.2, 0.25) is 0 Å². The molecule has 0 aliphatic heterocycles. The maximum absolute atomic E-state index is 12.3. The molecule has 3 aromatic rings. The Bertz CT molecular complexity index is 1120. The van der Waals surface area contributed by atoms with Crippen molar-refractivity contribution in [2.45, 2.75) is 32.2 Å². The van der Waals surface area contributed by atoms with Crippen LogP contribution in [0.3, 0.4) is 0 Å². The molecule has 0 atom stereocenters. The summed E-state index contributed by atoms with van der Waals surface area (Å²) in [6, 6.07) is 14.4. The van der Waals surface area contributed by atoms with Crippen molar-refractivity contribution in [3.63, 3.8) is 0 Å². The SMILES string of the molecule is Cc1nc(C)n(Cc2ccc(-c3ccccc3S(=O)(=O)NC#N)cc2)c1C. The maximum Gasteiger partial charge on any atom is 0.270 e. The highest BCUT2D eigenvalue weighted by Gasteiger charge is 2.18. The van der Waals surface area contributed by atoms with Gasteiger partial charge in [-0.15, -0.1) is 0 Å². The number of rotatable bonds is 5. The van der Waals surface area contributed by atoms with Gasteiger partial charge >= 0.3 is 0 Å². The number of hydrogen-bond acceptors (Lipinski definition) is 4. The molecule has 0 radical (unpaired) electrons. The summed E-state index contributed by atoms with van der Waals surface area (Å²) >= 11 is 0. The number of nitrogens with zero attached hydrogens (tertiary/aromatic N) is 3. The van der Waals surface area contributed by atoms with Crippen LogP contribution in [0, 0.1) is 32.2 Å². The van der Waals surface area contributed by atoms with Gasteiger partial charge in [-0.1, -0.05) is 42.5 Å². The highest BCUT2D eigenvalue weighted by molar-refractivity contribution is 7.89. The molecule has 0 saturated heterocycles. The van der Waals surface area contributed by atoms with Crippen LogP contribution in [0.5, 0.6) is 0 Å². The van der Waals surface area contributed by atoms with Crippen LogP contribution >= 0.6 is 0 Å². The molecule has 1 aromatic heterocycles. The fraction of sp³-hybridized carbons (Fsp3) is 0.200. The fourth-order valence-corrected chi connectivity index (χ4v) is 4.05. The van der Waals surface area contributed by atoms with E-state index < -0.39 is 10.0 Å². The van der Waals surface area contributed by atoms with Crippen molar-refractivity contribution < 1.29 is 8.42 Å². The largest absolute Gasteiger partial charge is 0.328 e. The molecule has 0 bridgehead atoms. The number of aryl methyl sites for hydroxylation is 2. The third-order valence-electron chi connectivity index (χ3n) is 4.61. The minimum absolute atomic E-state index is 0.0798. The van der Waals surface area contributed by atoms with Gasteiger partial charge in [-0.3, -0.25) is 0 Å². The van der Waals surface area contributed by atoms with E-state index >= 15 is 0 Å². The molecule has 2 aromatic carbocycles. The molecule has 0 spiro atoms. The summed E-state index contributed by atoms with van der Waals surface area (Å²) in [5, 5.41) is 8.70. The summed E-state index contributed by atoms with van der Waals surface area (Å²) in [5.74, 6) is 0.966. The Hall–Kier alpha value is -3.11. The quantitative estimate of drug-likeness (QED) is 0.543. The van der Waals surface area contributed by atoms with Crippen LogP contribution in [-0.4, -0.2) is 18.0 Å². The smallest absolute Gasteiger partial charge is 0.270 e. The van der Waals surface area contributed by atoms with Gasteiger partial charge in [0, 0.05) is 17.8 Å². The number of sulfonamides is 1. The number of aromatic nitrogens is 2. The zero-order valence-corrected chi connectivity index (χ0v) is 16.2. The van der Waals surface area contributed by atoms with E-state index in [-0.39, 0.29) is 4.90 Å². The number of imidazole rings is 1. The maximum atomic E-state index is 12.3. The van der Waals surface area contributed by atoms with Crippen LogP contribution in [0.1, 0.15) is 22.8 Å². The molecule has 0 unspecified atom stereocenters. The average Bonchev–Trinajstić information content (AvgIpc) is 2.88. The highest BCUT2D eigenvalue weighted by Crippen LogP contribution is 2.27. The molecule has 3 rings (SSSR count). The molecule has 0 amide bonds. The summed E-state index contributed by atoms with van der Waals surface area (Å²) in [6.45, 7) is 6.73. The molecule has 27 heavy (non-hydrogen) atoms. The van der Waals surface area contributed by atoms with E-state index in [1.807, 2.05) is 49.8 Å². The molecule has 7 heteroatoms. The van der Waals surface area contributed by atoms with E-state index in [0.717, 1.165) is 28.3 Å². The average molecular weight is 380 g/mol. The number of nitrogens with one attached hydrogen (secondary N) is 1. The van der Waals surface area contributed by atoms with Crippen LogP contribution < -0.4 is 4.72 Å². The second-order valence-electron chi connectivity index (χ2n) is 6.33. The van der Waals surface area contributed by atoms with Crippen LogP contribution in [0.15, 0.2) is 53.4 Å². The van der Waals surface area contributed by atoms with Crippen molar-refractivity contribution in [1.29, 1.82) is 5.26 Å². The molecule has 138 valence electrons. The van der Waals surface area contributed by atoms with Gasteiger partial charge < -0.3 is 4.57 Å². The summed E-state index contributed by atoms with van der Waals surface area (Å²) < 4.78 is 28.6. The Kier molecular flexibility index (Phi) is 5.02. The van der Waals surface area contributed by atoms with Crippen molar-refractivity contribution in [3.05, 3.63) is 71.3 Å². The van der Waals surface area contributed by atoms with Gasteiger partial charge in [0.2, 0.25) is 0 Å². The summed E-state index contributed by atoms with van der Waals surface area (Å²) in [5.41, 5.74) is 4.58. The first-order valence-corrected chi connectivity index (χ1v) is 9.91. The van der Waals surface area contributed by atoms with E-state index in [2.05, 4.69) is 9.55 Å². The minimum Gasteiger partial charge on any atom is -0.328 e. The number of nitriles is 1. The minimum atomic E-state index is -3.88. The van der Waals surface area contributed by atoms with E-state index in [4.69, 9.17) is 5.26 Å². The van der Waals surface area contributed by atoms with Crippen molar-refractivity contribution in [3.8, 4) is 17.3 Å². The molecule has 1 heterocycles. The Balaban J connectivity index is 1.94. The van der Waals surface area contributed by atoms with Crippen LogP contribution in [0.4, 0.5) is 0 Å². The molecule has 0 aliphatic carbocycles. The molecule has 0 saturated carbocycles. The van der Waals surface area contributed by atoms with Gasteiger partial charge in [-0.05, 0) is 38.0 Å². The van der Waals surface area contributed by atoms with Crippen molar-refractivity contribution in [1.82, 2.24) is 14.3 Å². The van der Waals surface area contributed by atoms with E-state index in [9.17, 15) is 8.42 Å². The Morgan fingerprint density at radius 3 is 2.33 bits per heavy atom. The molecule has 1 N–H and O–H groups in total. The van der Waals surface area contributed by atoms with Gasteiger partial charge in [0.15, 0.2) is 6.19 Å². The normalized spacial score (nSPS) is 11.2.